The van der Waals surface area contributed by atoms with Gasteiger partial charge in [0.15, 0.2) is 0 Å². The molecule has 0 saturated carbocycles. The largest absolute Gasteiger partial charge is 0.497 e. The lowest BCUT2D eigenvalue weighted by atomic mass is 9.99. The number of nitrogens with one attached hydrogen (secondary N) is 1. The van der Waals surface area contributed by atoms with Gasteiger partial charge >= 0.3 is 6.18 Å². The quantitative estimate of drug-likeness (QED) is 0.870. The summed E-state index contributed by atoms with van der Waals surface area (Å²) in [7, 11) is 1.45. The van der Waals surface area contributed by atoms with Crippen molar-refractivity contribution in [1.29, 1.82) is 0 Å². The molecule has 1 unspecified atom stereocenters. The maximum Gasteiger partial charge on any atom is 0.410 e. The van der Waals surface area contributed by atoms with Crippen molar-refractivity contribution in [3.63, 3.8) is 0 Å². The van der Waals surface area contributed by atoms with E-state index in [-0.39, 0.29) is 0 Å². The average Bonchev–Trinajstić information content (AvgIpc) is 2.42. The second-order valence-corrected chi connectivity index (χ2v) is 4.28. The predicted molar refractivity (Wildman–Crippen MR) is 66.5 cm³/mol. The van der Waals surface area contributed by atoms with E-state index in [0.29, 0.717) is 11.3 Å². The molecule has 0 fully saturated rings. The van der Waals surface area contributed by atoms with E-state index in [2.05, 4.69) is 0 Å². The van der Waals surface area contributed by atoms with E-state index in [1.54, 1.807) is 29.6 Å². The Morgan fingerprint density at radius 2 is 2.10 bits per heavy atom. The highest BCUT2D eigenvalue weighted by atomic mass is 19.4. The van der Waals surface area contributed by atoms with Gasteiger partial charge in [0, 0.05) is 0 Å². The van der Waals surface area contributed by atoms with E-state index in [1.165, 1.54) is 14.0 Å². The standard InChI is InChI=1S/C13H16F3NO3/c1-8(9-4-3-5-10(6-9)20-2)12(19)17-11(7-18)13(14,15)16/h3-6,8,11,18H,7H2,1-2H3,(H,17,19)/t8?,11-/m1/s1. The van der Waals surface area contributed by atoms with Gasteiger partial charge in [-0.05, 0) is 24.6 Å². The van der Waals surface area contributed by atoms with Crippen molar-refractivity contribution in [3.8, 4) is 5.75 Å². The van der Waals surface area contributed by atoms with E-state index < -0.39 is 30.7 Å². The van der Waals surface area contributed by atoms with Gasteiger partial charge in [-0.25, -0.2) is 0 Å². The van der Waals surface area contributed by atoms with Crippen molar-refractivity contribution in [2.24, 2.45) is 0 Å². The van der Waals surface area contributed by atoms with Crippen LogP contribution in [0.15, 0.2) is 24.3 Å². The van der Waals surface area contributed by atoms with Gasteiger partial charge in [-0.1, -0.05) is 12.1 Å². The van der Waals surface area contributed by atoms with Crippen molar-refractivity contribution in [3.05, 3.63) is 29.8 Å². The van der Waals surface area contributed by atoms with Crippen LogP contribution in [0.25, 0.3) is 0 Å². The molecule has 0 aliphatic heterocycles. The van der Waals surface area contributed by atoms with E-state index >= 15 is 0 Å². The monoisotopic (exact) mass is 291 g/mol. The lowest BCUT2D eigenvalue weighted by molar-refractivity contribution is -0.168. The Bertz CT molecular complexity index is 462. The van der Waals surface area contributed by atoms with Gasteiger partial charge in [-0.2, -0.15) is 13.2 Å². The Hall–Kier alpha value is -1.76. The van der Waals surface area contributed by atoms with Crippen LogP contribution >= 0.6 is 0 Å². The van der Waals surface area contributed by atoms with E-state index in [4.69, 9.17) is 9.84 Å². The summed E-state index contributed by atoms with van der Waals surface area (Å²) < 4.78 is 42.4. The normalized spacial score (nSPS) is 14.5. The van der Waals surface area contributed by atoms with Crippen molar-refractivity contribution < 1.29 is 27.8 Å². The summed E-state index contributed by atoms with van der Waals surface area (Å²) in [6, 6.07) is 4.24. The fourth-order valence-electron chi connectivity index (χ4n) is 1.59. The number of alkyl halides is 3. The SMILES string of the molecule is COc1cccc(C(C)C(=O)N[C@H](CO)C(F)(F)F)c1. The number of ether oxygens (including phenoxy) is 1. The molecule has 2 N–H and O–H groups in total. The average molecular weight is 291 g/mol. The van der Waals surface area contributed by atoms with Gasteiger partial charge in [0.25, 0.3) is 0 Å². The number of amides is 1. The van der Waals surface area contributed by atoms with Gasteiger partial charge in [0.05, 0.1) is 19.6 Å². The predicted octanol–water partition coefficient (Wildman–Crippen LogP) is 1.84. The van der Waals surface area contributed by atoms with E-state index in [9.17, 15) is 18.0 Å². The second-order valence-electron chi connectivity index (χ2n) is 4.28. The molecule has 0 aliphatic carbocycles. The molecule has 0 spiro atoms. The number of hydrogen-bond acceptors (Lipinski definition) is 3. The Balaban J connectivity index is 2.80. The molecule has 1 aromatic rings. The Morgan fingerprint density at radius 3 is 2.60 bits per heavy atom. The highest BCUT2D eigenvalue weighted by molar-refractivity contribution is 5.83. The Labute approximate surface area is 114 Å². The van der Waals surface area contributed by atoms with Crippen molar-refractivity contribution in [2.45, 2.75) is 25.1 Å². The molecule has 7 heteroatoms. The molecule has 0 aromatic heterocycles. The molecule has 112 valence electrons. The van der Waals surface area contributed by atoms with E-state index in [1.807, 2.05) is 0 Å². The number of benzene rings is 1. The first-order valence-electron chi connectivity index (χ1n) is 5.91. The minimum atomic E-state index is -4.68. The van der Waals surface area contributed by atoms with Crippen LogP contribution in [-0.2, 0) is 4.79 Å². The van der Waals surface area contributed by atoms with Gasteiger partial charge in [0.1, 0.15) is 11.8 Å². The summed E-state index contributed by atoms with van der Waals surface area (Å²) >= 11 is 0. The number of methoxy groups -OCH3 is 1. The number of carbonyl (C=O) groups excluding carboxylic acids is 1. The van der Waals surface area contributed by atoms with Crippen LogP contribution in [0.5, 0.6) is 5.75 Å². The fraction of sp³-hybridized carbons (Fsp3) is 0.462. The van der Waals surface area contributed by atoms with E-state index in [0.717, 1.165) is 0 Å². The van der Waals surface area contributed by atoms with Gasteiger partial charge < -0.3 is 15.2 Å². The third kappa shape index (κ3) is 4.12. The molecule has 0 bridgehead atoms. The van der Waals surface area contributed by atoms with Crippen LogP contribution in [0.3, 0.4) is 0 Å². The van der Waals surface area contributed by atoms with Crippen molar-refractivity contribution in [1.82, 2.24) is 5.32 Å². The molecule has 0 aliphatic rings. The molecule has 0 saturated heterocycles. The molecule has 1 rings (SSSR count). The second kappa shape index (κ2) is 6.60. The summed E-state index contributed by atoms with van der Waals surface area (Å²) in [5.41, 5.74) is 0.528. The number of hydrogen-bond donors (Lipinski definition) is 2. The minimum absolute atomic E-state index is 0.511. The number of aliphatic hydroxyl groups excluding tert-OH is 1. The summed E-state index contributed by atoms with van der Waals surface area (Å²) in [6.45, 7) is 0.287. The van der Waals surface area contributed by atoms with Gasteiger partial charge in [0.2, 0.25) is 5.91 Å². The summed E-state index contributed by atoms with van der Waals surface area (Å²) in [4.78, 5) is 11.8. The summed E-state index contributed by atoms with van der Waals surface area (Å²) in [6.07, 6.45) is -4.68. The third-order valence-corrected chi connectivity index (χ3v) is 2.88. The third-order valence-electron chi connectivity index (χ3n) is 2.88. The maximum atomic E-state index is 12.5. The van der Waals surface area contributed by atoms with Crippen LogP contribution in [0.4, 0.5) is 13.2 Å². The topological polar surface area (TPSA) is 58.6 Å². The molecule has 2 atom stereocenters. The summed E-state index contributed by atoms with van der Waals surface area (Å²) in [5.74, 6) is -1.09. The lowest BCUT2D eigenvalue weighted by Gasteiger charge is -2.21. The molecule has 1 amide bonds. The molecule has 4 nitrogen and oxygen atoms in total. The van der Waals surface area contributed by atoms with Crippen LogP contribution in [0.2, 0.25) is 0 Å². The lowest BCUT2D eigenvalue weighted by Crippen LogP contribution is -2.49. The van der Waals surface area contributed by atoms with Crippen molar-refractivity contribution in [2.75, 3.05) is 13.7 Å². The van der Waals surface area contributed by atoms with Gasteiger partial charge in [-0.3, -0.25) is 4.79 Å². The zero-order chi connectivity index (χ0) is 15.3. The first-order valence-corrected chi connectivity index (χ1v) is 5.91. The maximum absolute atomic E-state index is 12.5. The molecular weight excluding hydrogens is 275 g/mol. The highest BCUT2D eigenvalue weighted by Crippen LogP contribution is 2.23. The van der Waals surface area contributed by atoms with Crippen LogP contribution in [0, 0.1) is 0 Å². The molecule has 0 heterocycles. The molecule has 0 radical (unpaired) electrons. The molecule has 1 aromatic carbocycles. The van der Waals surface area contributed by atoms with Gasteiger partial charge in [-0.15, -0.1) is 0 Å². The number of halogens is 3. The number of aliphatic hydroxyl groups is 1. The Morgan fingerprint density at radius 1 is 1.45 bits per heavy atom. The number of rotatable bonds is 5. The zero-order valence-electron chi connectivity index (χ0n) is 11.1. The Kier molecular flexibility index (Phi) is 5.38. The smallest absolute Gasteiger partial charge is 0.410 e. The molecular formula is C13H16F3NO3. The zero-order valence-corrected chi connectivity index (χ0v) is 11.1. The first kappa shape index (κ1) is 16.3. The van der Waals surface area contributed by atoms with Crippen LogP contribution in [-0.4, -0.2) is 36.9 Å². The van der Waals surface area contributed by atoms with Crippen LogP contribution in [0.1, 0.15) is 18.4 Å². The number of carbonyl (C=O) groups is 1. The van der Waals surface area contributed by atoms with Crippen LogP contribution < -0.4 is 10.1 Å². The fourth-order valence-corrected chi connectivity index (χ4v) is 1.59. The van der Waals surface area contributed by atoms with Crippen molar-refractivity contribution >= 4 is 5.91 Å². The summed E-state index contributed by atoms with van der Waals surface area (Å²) in [5, 5.41) is 10.5. The molecule has 20 heavy (non-hydrogen) atoms. The first-order chi connectivity index (χ1) is 9.29. The minimum Gasteiger partial charge on any atom is -0.497 e. The highest BCUT2D eigenvalue weighted by Gasteiger charge is 2.40.